The number of aromatic nitrogens is 2. The van der Waals surface area contributed by atoms with Crippen molar-refractivity contribution in [2.75, 3.05) is 13.1 Å². The summed E-state index contributed by atoms with van der Waals surface area (Å²) in [4.78, 5) is 4.03. The highest BCUT2D eigenvalue weighted by molar-refractivity contribution is 7.89. The van der Waals surface area contributed by atoms with E-state index < -0.39 is 16.1 Å². The number of nitrogens with zero attached hydrogens (tertiary/aromatic N) is 3. The van der Waals surface area contributed by atoms with Crippen LogP contribution in [0.2, 0.25) is 0 Å². The van der Waals surface area contributed by atoms with E-state index in [1.807, 2.05) is 0 Å². The third-order valence-corrected chi connectivity index (χ3v) is 4.79. The number of hydrogen-bond acceptors (Lipinski definition) is 4. The second-order valence-electron chi connectivity index (χ2n) is 4.40. The van der Waals surface area contributed by atoms with Crippen LogP contribution in [0.1, 0.15) is 18.7 Å². The van der Waals surface area contributed by atoms with E-state index in [4.69, 9.17) is 0 Å². The largest absolute Gasteiger partial charge is 0.392 e. The van der Waals surface area contributed by atoms with Gasteiger partial charge in [-0.1, -0.05) is 0 Å². The lowest BCUT2D eigenvalue weighted by molar-refractivity contribution is 0.108. The van der Waals surface area contributed by atoms with Crippen molar-refractivity contribution in [3.8, 4) is 0 Å². The van der Waals surface area contributed by atoms with Crippen LogP contribution in [0.15, 0.2) is 11.2 Å². The SMILES string of the molecule is Cc1nc(S(=O)(=O)N2CCC[C@H](O)C2)cn1C. The molecule has 0 saturated carbocycles. The minimum Gasteiger partial charge on any atom is -0.392 e. The van der Waals surface area contributed by atoms with E-state index in [0.29, 0.717) is 25.2 Å². The van der Waals surface area contributed by atoms with Crippen LogP contribution in [0.5, 0.6) is 0 Å². The average Bonchev–Trinajstić information content (AvgIpc) is 2.60. The van der Waals surface area contributed by atoms with E-state index in [9.17, 15) is 13.5 Å². The maximum absolute atomic E-state index is 12.2. The first-order chi connectivity index (χ1) is 7.91. The molecule has 2 heterocycles. The molecule has 0 aliphatic carbocycles. The molecule has 1 aliphatic rings. The molecule has 1 aliphatic heterocycles. The number of piperidine rings is 1. The molecule has 1 atom stereocenters. The van der Waals surface area contributed by atoms with Gasteiger partial charge in [-0.05, 0) is 19.8 Å². The molecule has 6 nitrogen and oxygen atoms in total. The molecule has 1 aromatic rings. The molecule has 1 saturated heterocycles. The molecule has 1 aromatic heterocycles. The lowest BCUT2D eigenvalue weighted by Crippen LogP contribution is -2.42. The van der Waals surface area contributed by atoms with Crippen LogP contribution in [0.3, 0.4) is 0 Å². The molecule has 2 rings (SSSR count). The van der Waals surface area contributed by atoms with E-state index in [1.54, 1.807) is 18.5 Å². The molecule has 0 unspecified atom stereocenters. The lowest BCUT2D eigenvalue weighted by Gasteiger charge is -2.28. The Labute approximate surface area is 101 Å². The molecule has 1 N–H and O–H groups in total. The molecule has 0 amide bonds. The number of imidazole rings is 1. The van der Waals surface area contributed by atoms with E-state index in [-0.39, 0.29) is 11.6 Å². The van der Waals surface area contributed by atoms with Crippen LogP contribution >= 0.6 is 0 Å². The molecule has 1 fully saturated rings. The third kappa shape index (κ3) is 2.36. The summed E-state index contributed by atoms with van der Waals surface area (Å²) in [7, 11) is -1.80. The molecular formula is C10H17N3O3S. The lowest BCUT2D eigenvalue weighted by atomic mass is 10.1. The number of sulfonamides is 1. The van der Waals surface area contributed by atoms with Gasteiger partial charge in [0, 0.05) is 26.3 Å². The molecule has 0 aromatic carbocycles. The molecule has 17 heavy (non-hydrogen) atoms. The maximum atomic E-state index is 12.2. The second-order valence-corrected chi connectivity index (χ2v) is 6.28. The van der Waals surface area contributed by atoms with Crippen LogP contribution in [-0.4, -0.2) is 46.6 Å². The van der Waals surface area contributed by atoms with Crippen LogP contribution in [0, 0.1) is 6.92 Å². The normalized spacial score (nSPS) is 22.9. The topological polar surface area (TPSA) is 75.4 Å². The minimum absolute atomic E-state index is 0.0617. The Morgan fingerprint density at radius 2 is 2.24 bits per heavy atom. The Kier molecular flexibility index (Phi) is 3.24. The predicted octanol–water partition coefficient (Wildman–Crippen LogP) is -0.126. The predicted molar refractivity (Wildman–Crippen MR) is 61.9 cm³/mol. The number of hydrogen-bond donors (Lipinski definition) is 1. The smallest absolute Gasteiger partial charge is 0.262 e. The molecule has 0 radical (unpaired) electrons. The van der Waals surface area contributed by atoms with Gasteiger partial charge in [0.25, 0.3) is 10.0 Å². The Bertz CT molecular complexity index is 489. The van der Waals surface area contributed by atoms with Gasteiger partial charge in [-0.3, -0.25) is 0 Å². The number of aliphatic hydroxyl groups excluding tert-OH is 1. The first-order valence-electron chi connectivity index (χ1n) is 5.59. The number of aliphatic hydroxyl groups is 1. The fourth-order valence-electron chi connectivity index (χ4n) is 1.92. The summed E-state index contributed by atoms with van der Waals surface area (Å²) in [6, 6.07) is 0. The molecule has 7 heteroatoms. The molecular weight excluding hydrogens is 242 g/mol. The van der Waals surface area contributed by atoms with Crippen molar-refractivity contribution in [2.45, 2.75) is 30.9 Å². The van der Waals surface area contributed by atoms with Crippen molar-refractivity contribution in [3.05, 3.63) is 12.0 Å². The van der Waals surface area contributed by atoms with E-state index >= 15 is 0 Å². The Morgan fingerprint density at radius 1 is 1.53 bits per heavy atom. The van der Waals surface area contributed by atoms with Gasteiger partial charge in [-0.15, -0.1) is 0 Å². The summed E-state index contributed by atoms with van der Waals surface area (Å²) in [5.74, 6) is 0.654. The average molecular weight is 259 g/mol. The molecule has 0 spiro atoms. The van der Waals surface area contributed by atoms with Crippen molar-refractivity contribution in [3.63, 3.8) is 0 Å². The van der Waals surface area contributed by atoms with Crippen molar-refractivity contribution in [2.24, 2.45) is 7.05 Å². The minimum atomic E-state index is -3.56. The molecule has 0 bridgehead atoms. The van der Waals surface area contributed by atoms with Gasteiger partial charge in [0.15, 0.2) is 5.03 Å². The highest BCUT2D eigenvalue weighted by Gasteiger charge is 2.31. The van der Waals surface area contributed by atoms with E-state index in [2.05, 4.69) is 4.98 Å². The maximum Gasteiger partial charge on any atom is 0.262 e. The first kappa shape index (κ1) is 12.5. The zero-order chi connectivity index (χ0) is 12.6. The highest BCUT2D eigenvalue weighted by atomic mass is 32.2. The highest BCUT2D eigenvalue weighted by Crippen LogP contribution is 2.19. The Hall–Kier alpha value is -0.920. The summed E-state index contributed by atoms with van der Waals surface area (Å²) in [6.07, 6.45) is 2.29. The van der Waals surface area contributed by atoms with Crippen LogP contribution in [0.4, 0.5) is 0 Å². The van der Waals surface area contributed by atoms with Crippen molar-refractivity contribution in [1.29, 1.82) is 0 Å². The summed E-state index contributed by atoms with van der Waals surface area (Å²) >= 11 is 0. The second kappa shape index (κ2) is 4.40. The zero-order valence-corrected chi connectivity index (χ0v) is 10.8. The number of β-amino-alcohol motifs (C(OH)–C–C–N with tert-alkyl or cyclic N) is 1. The number of rotatable bonds is 2. The Morgan fingerprint density at radius 3 is 2.76 bits per heavy atom. The summed E-state index contributed by atoms with van der Waals surface area (Å²) in [5.41, 5.74) is 0. The van der Waals surface area contributed by atoms with E-state index in [1.165, 1.54) is 10.5 Å². The number of aryl methyl sites for hydroxylation is 2. The van der Waals surface area contributed by atoms with Crippen LogP contribution in [-0.2, 0) is 17.1 Å². The summed E-state index contributed by atoms with van der Waals surface area (Å²) < 4.78 is 27.5. The van der Waals surface area contributed by atoms with Crippen LogP contribution < -0.4 is 0 Å². The van der Waals surface area contributed by atoms with Crippen molar-refractivity contribution >= 4 is 10.0 Å². The fourth-order valence-corrected chi connectivity index (χ4v) is 3.46. The third-order valence-electron chi connectivity index (χ3n) is 3.05. The zero-order valence-electron chi connectivity index (χ0n) is 10.00. The van der Waals surface area contributed by atoms with Gasteiger partial charge < -0.3 is 9.67 Å². The van der Waals surface area contributed by atoms with Gasteiger partial charge in [0.05, 0.1) is 6.10 Å². The van der Waals surface area contributed by atoms with Crippen molar-refractivity contribution in [1.82, 2.24) is 13.9 Å². The first-order valence-corrected chi connectivity index (χ1v) is 7.03. The summed E-state index contributed by atoms with van der Waals surface area (Å²) in [6.45, 7) is 2.37. The quantitative estimate of drug-likeness (QED) is 0.803. The van der Waals surface area contributed by atoms with Gasteiger partial charge in [-0.25, -0.2) is 13.4 Å². The van der Waals surface area contributed by atoms with Gasteiger partial charge in [-0.2, -0.15) is 4.31 Å². The van der Waals surface area contributed by atoms with Gasteiger partial charge in [0.2, 0.25) is 0 Å². The van der Waals surface area contributed by atoms with Gasteiger partial charge >= 0.3 is 0 Å². The standard InChI is InChI=1S/C10H17N3O3S/c1-8-11-10(7-12(8)2)17(15,16)13-5-3-4-9(14)6-13/h7,9,14H,3-6H2,1-2H3/t9-/m0/s1. The monoisotopic (exact) mass is 259 g/mol. The Balaban J connectivity index is 2.29. The van der Waals surface area contributed by atoms with Crippen molar-refractivity contribution < 1.29 is 13.5 Å². The van der Waals surface area contributed by atoms with Crippen LogP contribution in [0.25, 0.3) is 0 Å². The van der Waals surface area contributed by atoms with Gasteiger partial charge in [0.1, 0.15) is 5.82 Å². The molecule has 96 valence electrons. The summed E-state index contributed by atoms with van der Waals surface area (Å²) in [5, 5.41) is 9.58. The van der Waals surface area contributed by atoms with E-state index in [0.717, 1.165) is 0 Å². The fraction of sp³-hybridized carbons (Fsp3) is 0.700.